The lowest BCUT2D eigenvalue weighted by atomic mass is 10.0. The van der Waals surface area contributed by atoms with Crippen molar-refractivity contribution in [1.29, 1.82) is 0 Å². The smallest absolute Gasteiger partial charge is 0.333 e. The molecule has 218 valence electrons. The molecule has 0 aromatic carbocycles. The van der Waals surface area contributed by atoms with Crippen molar-refractivity contribution in [3.63, 3.8) is 0 Å². The Bertz CT molecular complexity index is 1590. The summed E-state index contributed by atoms with van der Waals surface area (Å²) in [6, 6.07) is 3.24. The Morgan fingerprint density at radius 1 is 1.38 bits per heavy atom. The lowest BCUT2D eigenvalue weighted by Crippen LogP contribution is -2.71. The van der Waals surface area contributed by atoms with Gasteiger partial charge in [-0.25, -0.2) is 0 Å². The van der Waals surface area contributed by atoms with E-state index in [-0.39, 0.29) is 26.9 Å². The molecular formula is C25H24N8O5S4. The fraction of sp³-hybridized carbons (Fsp3) is 0.360. The summed E-state index contributed by atoms with van der Waals surface area (Å²) in [7, 11) is 1.26. The molecule has 2 amide bonds. The number of amides is 2. The molecule has 4 aliphatic rings. The Labute approximate surface area is 256 Å². The molecule has 1 fully saturated rings. The number of pyridine rings is 1. The quantitative estimate of drug-likeness (QED) is 0.162. The van der Waals surface area contributed by atoms with Crippen LogP contribution in [-0.4, -0.2) is 78.6 Å². The maximum Gasteiger partial charge on any atom is 0.333 e. The first kappa shape index (κ1) is 28.7. The van der Waals surface area contributed by atoms with Crippen LogP contribution in [0, 0.1) is 0 Å². The van der Waals surface area contributed by atoms with Gasteiger partial charge in [-0.15, -0.1) is 35.3 Å². The average molecular weight is 645 g/mol. The molecule has 3 N–H and O–H groups in total. The van der Waals surface area contributed by atoms with Crippen LogP contribution in [0.15, 0.2) is 45.2 Å². The third-order valence-electron chi connectivity index (χ3n) is 6.94. The second kappa shape index (κ2) is 12.1. The number of rotatable bonds is 9. The van der Waals surface area contributed by atoms with Gasteiger partial charge in [0.15, 0.2) is 5.13 Å². The summed E-state index contributed by atoms with van der Waals surface area (Å²) in [6.45, 7) is 0. The van der Waals surface area contributed by atoms with Gasteiger partial charge in [-0.05, 0) is 30.0 Å². The number of fused-ring (bicyclic) bond motifs is 2. The van der Waals surface area contributed by atoms with Gasteiger partial charge in [0.1, 0.15) is 35.0 Å². The normalized spacial score (nSPS) is 23.2. The molecule has 0 radical (unpaired) electrons. The Kier molecular flexibility index (Phi) is 8.24. The molecule has 17 heteroatoms. The van der Waals surface area contributed by atoms with Crippen molar-refractivity contribution in [3.8, 4) is 0 Å². The average Bonchev–Trinajstić information content (AvgIpc) is 3.66. The Hall–Kier alpha value is -3.41. The zero-order chi connectivity index (χ0) is 29.4. The number of aliphatic imine (C=N–C) groups is 1. The number of carbonyl (C=O) groups is 3. The van der Waals surface area contributed by atoms with Gasteiger partial charge < -0.3 is 25.8 Å². The molecule has 3 atom stereocenters. The van der Waals surface area contributed by atoms with E-state index in [4.69, 9.17) is 10.6 Å². The maximum absolute atomic E-state index is 13.1. The Balaban J connectivity index is 1.10. The second-order valence-electron chi connectivity index (χ2n) is 9.45. The van der Waals surface area contributed by atoms with Crippen LogP contribution in [0.1, 0.15) is 23.5 Å². The van der Waals surface area contributed by atoms with Crippen molar-refractivity contribution < 1.29 is 28.9 Å². The van der Waals surface area contributed by atoms with Gasteiger partial charge in [-0.2, -0.15) is 13.9 Å². The summed E-state index contributed by atoms with van der Waals surface area (Å²) in [5, 5.41) is 20.0. The number of thioether (sulfide) groups is 3. The molecule has 5 heterocycles. The van der Waals surface area contributed by atoms with Gasteiger partial charge in [-0.1, -0.05) is 16.2 Å². The van der Waals surface area contributed by atoms with Crippen LogP contribution >= 0.6 is 46.8 Å². The van der Waals surface area contributed by atoms with Crippen LogP contribution in [0.2, 0.25) is 0 Å². The Morgan fingerprint density at radius 2 is 2.24 bits per heavy atom. The van der Waals surface area contributed by atoms with Crippen molar-refractivity contribution in [2.75, 3.05) is 24.3 Å². The molecule has 0 bridgehead atoms. The summed E-state index contributed by atoms with van der Waals surface area (Å²) in [6.07, 6.45) is 7.17. The van der Waals surface area contributed by atoms with Crippen molar-refractivity contribution in [3.05, 3.63) is 52.1 Å². The summed E-state index contributed by atoms with van der Waals surface area (Å²) >= 11 is 5.40. The highest BCUT2D eigenvalue weighted by Gasteiger charge is 2.53. The van der Waals surface area contributed by atoms with Gasteiger partial charge in [0.2, 0.25) is 11.5 Å². The van der Waals surface area contributed by atoms with Crippen molar-refractivity contribution >= 4 is 87.5 Å². The zero-order valence-electron chi connectivity index (χ0n) is 22.1. The van der Waals surface area contributed by atoms with E-state index in [1.165, 1.54) is 46.8 Å². The predicted octanol–water partition coefficient (Wildman–Crippen LogP) is -0.0161. The summed E-state index contributed by atoms with van der Waals surface area (Å²) in [5.41, 5.74) is 8.46. The minimum Gasteiger partial charge on any atom is -0.543 e. The number of nitrogens with two attached hydrogens (primary N) is 1. The molecule has 13 nitrogen and oxygen atoms in total. The predicted molar refractivity (Wildman–Crippen MR) is 160 cm³/mol. The number of carboxylic acid groups (broad SMARTS) is 1. The number of aliphatic carboxylic acids is 1. The van der Waals surface area contributed by atoms with E-state index in [9.17, 15) is 19.5 Å². The Morgan fingerprint density at radius 3 is 2.95 bits per heavy atom. The number of hydrogen-bond acceptors (Lipinski definition) is 14. The zero-order valence-corrected chi connectivity index (χ0v) is 25.4. The topological polar surface area (TPSA) is 179 Å². The van der Waals surface area contributed by atoms with Crippen LogP contribution in [0.4, 0.5) is 5.13 Å². The van der Waals surface area contributed by atoms with Crippen LogP contribution in [0.5, 0.6) is 0 Å². The lowest BCUT2D eigenvalue weighted by molar-refractivity contribution is -0.590. The molecule has 0 spiro atoms. The van der Waals surface area contributed by atoms with Crippen molar-refractivity contribution in [2.24, 2.45) is 10.1 Å². The van der Waals surface area contributed by atoms with Crippen molar-refractivity contribution in [2.45, 2.75) is 35.3 Å². The largest absolute Gasteiger partial charge is 0.543 e. The van der Waals surface area contributed by atoms with Crippen LogP contribution in [0.3, 0.4) is 0 Å². The first-order valence-electron chi connectivity index (χ1n) is 12.8. The highest BCUT2D eigenvalue weighted by molar-refractivity contribution is 8.19. The number of β-lactam (4-membered cyclic amide) rings is 1. The van der Waals surface area contributed by atoms with Crippen molar-refractivity contribution in [1.82, 2.24) is 19.6 Å². The number of oxime groups is 1. The van der Waals surface area contributed by atoms with Gasteiger partial charge in [-0.3, -0.25) is 14.5 Å². The minimum absolute atomic E-state index is 0.0182. The number of aryl methyl sites for hydroxylation is 1. The minimum atomic E-state index is -1.43. The van der Waals surface area contributed by atoms with Gasteiger partial charge in [0.25, 0.3) is 11.8 Å². The van der Waals surface area contributed by atoms with E-state index < -0.39 is 29.2 Å². The second-order valence-corrected chi connectivity index (χ2v) is 13.8. The van der Waals surface area contributed by atoms with Gasteiger partial charge in [0.05, 0.1) is 23.3 Å². The van der Waals surface area contributed by atoms with Gasteiger partial charge >= 0.3 is 5.82 Å². The molecule has 2 unspecified atom stereocenters. The van der Waals surface area contributed by atoms with E-state index in [0.29, 0.717) is 17.1 Å². The number of carbonyl (C=O) groups excluding carboxylic acids is 3. The van der Waals surface area contributed by atoms with Gasteiger partial charge in [0, 0.05) is 29.5 Å². The maximum atomic E-state index is 13.1. The first-order chi connectivity index (χ1) is 20.4. The molecule has 6 rings (SSSR count). The molecule has 0 saturated carbocycles. The molecule has 1 saturated heterocycles. The van der Waals surface area contributed by atoms with E-state index in [1.54, 1.807) is 11.8 Å². The summed E-state index contributed by atoms with van der Waals surface area (Å²) in [5.74, 6) is -1.16. The molecule has 42 heavy (non-hydrogen) atoms. The number of hydrogen-bond donors (Lipinski definition) is 2. The van der Waals surface area contributed by atoms with E-state index in [2.05, 4.69) is 35.5 Å². The number of carboxylic acids is 1. The fourth-order valence-electron chi connectivity index (χ4n) is 5.07. The fourth-order valence-corrected chi connectivity index (χ4v) is 8.98. The third-order valence-corrected chi connectivity index (χ3v) is 11.3. The number of nitrogen functional groups attached to an aromatic ring is 1. The third kappa shape index (κ3) is 5.41. The summed E-state index contributed by atoms with van der Waals surface area (Å²) in [4.78, 5) is 52.7. The monoisotopic (exact) mass is 644 g/mol. The molecule has 1 aliphatic carbocycles. The number of nitrogens with zero attached hydrogens (tertiary/aromatic N) is 6. The van der Waals surface area contributed by atoms with Crippen LogP contribution < -0.4 is 20.7 Å². The standard InChI is InChI=1S/C25H24N8O5S4/c1-38-30-17(20-29-25(26)42-31-20)21(34)28-18-22(35)33-19(24(36)37)13(10-41-23(18)33)9-39-16-8-27-15(11-40-16)32-7-3-5-12-4-2-6-14(12)32/h3,5,7-8,11,16,18,23H,2,4,6,9-10H2,1H3,(H3-,26,28,29,31,34,36,37)/b30-17+/t16?,18-,23?/m1/s1. The summed E-state index contributed by atoms with van der Waals surface area (Å²) < 4.78 is 6.09. The number of nitrogens with one attached hydrogen (secondary N) is 1. The number of anilines is 1. The first-order valence-corrected chi connectivity index (χ1v) is 16.6. The SMILES string of the molecule is CO/N=C(/C(=O)N[C@@H]1C(=O)N2C(C(=O)[O-])=C(CSC3C=NC([n+]4cccc5c4CCC5)=CS3)CSC12)c1nsc(N)n1. The van der Waals surface area contributed by atoms with Crippen LogP contribution in [-0.2, 0) is 32.1 Å². The molecule has 3 aliphatic heterocycles. The van der Waals surface area contributed by atoms with E-state index >= 15 is 0 Å². The number of aromatic nitrogens is 3. The highest BCUT2D eigenvalue weighted by atomic mass is 32.2. The molecule has 2 aromatic heterocycles. The highest BCUT2D eigenvalue weighted by Crippen LogP contribution is 2.42. The van der Waals surface area contributed by atoms with E-state index in [0.717, 1.165) is 36.6 Å². The molecular weight excluding hydrogens is 621 g/mol. The molecule has 2 aromatic rings. The van der Waals surface area contributed by atoms with E-state index in [1.807, 2.05) is 23.9 Å². The van der Waals surface area contributed by atoms with Crippen LogP contribution in [0.25, 0.3) is 5.82 Å². The lowest BCUT2D eigenvalue weighted by Gasteiger charge is -2.50.